The van der Waals surface area contributed by atoms with Gasteiger partial charge in [-0.15, -0.1) is 11.3 Å². The number of amides is 1. The molecule has 0 aliphatic heterocycles. The molecule has 33 heavy (non-hydrogen) atoms. The van der Waals surface area contributed by atoms with Crippen molar-refractivity contribution in [2.75, 3.05) is 0 Å². The van der Waals surface area contributed by atoms with Gasteiger partial charge in [-0.05, 0) is 48.6 Å². The van der Waals surface area contributed by atoms with Crippen molar-refractivity contribution in [3.05, 3.63) is 87.6 Å². The lowest BCUT2D eigenvalue weighted by Gasteiger charge is -2.19. The zero-order valence-electron chi connectivity index (χ0n) is 19.8. The number of benzene rings is 2. The highest BCUT2D eigenvalue weighted by atomic mass is 32.1. The summed E-state index contributed by atoms with van der Waals surface area (Å²) in [5.74, 6) is -0.243. The predicted molar refractivity (Wildman–Crippen MR) is 139 cm³/mol. The maximum Gasteiger partial charge on any atom is 0.272 e. The van der Waals surface area contributed by atoms with Crippen LogP contribution in [-0.2, 0) is 11.8 Å². The van der Waals surface area contributed by atoms with Crippen molar-refractivity contribution in [1.29, 1.82) is 0 Å². The second-order valence-electron chi connectivity index (χ2n) is 9.16. The molecular formula is C28H29N3OS. The summed E-state index contributed by atoms with van der Waals surface area (Å²) in [6, 6.07) is 22.1. The summed E-state index contributed by atoms with van der Waals surface area (Å²) >= 11 is 1.70. The predicted octanol–water partition coefficient (Wildman–Crippen LogP) is 6.98. The summed E-state index contributed by atoms with van der Waals surface area (Å²) in [5, 5.41) is 5.18. The maximum atomic E-state index is 13.2. The number of aromatic nitrogens is 1. The van der Waals surface area contributed by atoms with Gasteiger partial charge in [-0.2, -0.15) is 5.10 Å². The fraction of sp³-hybridized carbons (Fsp3) is 0.250. The first-order valence-electron chi connectivity index (χ1n) is 11.2. The van der Waals surface area contributed by atoms with Crippen LogP contribution >= 0.6 is 11.3 Å². The number of hydrazone groups is 1. The van der Waals surface area contributed by atoms with E-state index in [1.807, 2.05) is 37.3 Å². The molecule has 0 spiro atoms. The first kappa shape index (κ1) is 22.9. The zero-order chi connectivity index (χ0) is 23.6. The molecule has 0 aliphatic carbocycles. The third-order valence-corrected chi connectivity index (χ3v) is 7.04. The third kappa shape index (κ3) is 5.04. The molecule has 1 N–H and O–H groups in total. The number of fused-ring (bicyclic) bond motifs is 1. The van der Waals surface area contributed by atoms with Gasteiger partial charge in [0.25, 0.3) is 5.91 Å². The lowest BCUT2D eigenvalue weighted by atomic mass is 9.86. The van der Waals surface area contributed by atoms with E-state index in [1.165, 1.54) is 10.4 Å². The Morgan fingerprint density at radius 1 is 1.03 bits per heavy atom. The zero-order valence-corrected chi connectivity index (χ0v) is 20.6. The van der Waals surface area contributed by atoms with Crippen molar-refractivity contribution in [3.63, 3.8) is 0 Å². The molecular weight excluding hydrogens is 426 g/mol. The number of para-hydroxylation sites is 1. The Hall–Kier alpha value is -3.31. The molecule has 4 rings (SSSR count). The molecule has 2 aromatic heterocycles. The van der Waals surface area contributed by atoms with Crippen LogP contribution in [0.5, 0.6) is 0 Å². The van der Waals surface area contributed by atoms with Crippen LogP contribution in [0.1, 0.15) is 60.3 Å². The fourth-order valence-corrected chi connectivity index (χ4v) is 4.56. The second-order valence-corrected chi connectivity index (χ2v) is 10.3. The number of rotatable bonds is 5. The van der Waals surface area contributed by atoms with Gasteiger partial charge in [-0.25, -0.2) is 10.4 Å². The van der Waals surface area contributed by atoms with E-state index in [0.29, 0.717) is 5.56 Å². The molecule has 5 heteroatoms. The van der Waals surface area contributed by atoms with Crippen LogP contribution in [0.4, 0.5) is 0 Å². The molecule has 0 saturated heterocycles. The summed E-state index contributed by atoms with van der Waals surface area (Å²) in [7, 11) is 0. The highest BCUT2D eigenvalue weighted by Crippen LogP contribution is 2.28. The topological polar surface area (TPSA) is 54.4 Å². The van der Waals surface area contributed by atoms with Crippen LogP contribution in [0.25, 0.3) is 22.2 Å². The van der Waals surface area contributed by atoms with E-state index < -0.39 is 0 Å². The van der Waals surface area contributed by atoms with Gasteiger partial charge in [0.2, 0.25) is 0 Å². The second kappa shape index (κ2) is 9.28. The molecule has 2 heterocycles. The summed E-state index contributed by atoms with van der Waals surface area (Å²) in [6.07, 6.45) is 0.993. The number of nitrogens with zero attached hydrogens (tertiary/aromatic N) is 2. The van der Waals surface area contributed by atoms with Gasteiger partial charge in [0, 0.05) is 15.8 Å². The van der Waals surface area contributed by atoms with Crippen LogP contribution in [0.2, 0.25) is 0 Å². The molecule has 4 nitrogen and oxygen atoms in total. The monoisotopic (exact) mass is 455 g/mol. The Morgan fingerprint density at radius 2 is 1.76 bits per heavy atom. The van der Waals surface area contributed by atoms with Gasteiger partial charge >= 0.3 is 0 Å². The van der Waals surface area contributed by atoms with Crippen LogP contribution in [0, 0.1) is 0 Å². The molecule has 168 valence electrons. The van der Waals surface area contributed by atoms with Crippen LogP contribution in [0.3, 0.4) is 0 Å². The Kier molecular flexibility index (Phi) is 6.43. The normalized spacial score (nSPS) is 12.2. The number of aryl methyl sites for hydroxylation is 1. The van der Waals surface area contributed by atoms with Gasteiger partial charge in [0.05, 0.1) is 27.4 Å². The first-order valence-corrected chi connectivity index (χ1v) is 12.0. The average Bonchev–Trinajstić information content (AvgIpc) is 3.30. The van der Waals surface area contributed by atoms with Crippen molar-refractivity contribution < 1.29 is 4.79 Å². The maximum absolute atomic E-state index is 13.2. The standard InChI is InChI=1S/C28H29N3OS/c1-6-21-15-16-26(33-21)18(2)30-31-27(32)23-17-25(29-24-10-8-7-9-22(23)24)19-11-13-20(14-12-19)28(3,4)5/h7-17H,6H2,1-5H3,(H,31,32)/b30-18+. The molecule has 0 aliphatic rings. The molecule has 0 radical (unpaired) electrons. The third-order valence-electron chi connectivity index (χ3n) is 5.70. The smallest absolute Gasteiger partial charge is 0.267 e. The van der Waals surface area contributed by atoms with Gasteiger partial charge in [-0.3, -0.25) is 4.79 Å². The molecule has 0 atom stereocenters. The van der Waals surface area contributed by atoms with E-state index in [0.717, 1.165) is 39.2 Å². The number of pyridine rings is 1. The number of carbonyl (C=O) groups excluding carboxylic acids is 1. The van der Waals surface area contributed by atoms with Gasteiger partial charge in [-0.1, -0.05) is 70.2 Å². The van der Waals surface area contributed by atoms with E-state index in [2.05, 4.69) is 74.6 Å². The quantitative estimate of drug-likeness (QED) is 0.261. The van der Waals surface area contributed by atoms with Crippen LogP contribution in [-0.4, -0.2) is 16.6 Å². The highest BCUT2D eigenvalue weighted by molar-refractivity contribution is 7.14. The van der Waals surface area contributed by atoms with Crippen molar-refractivity contribution in [1.82, 2.24) is 10.4 Å². The van der Waals surface area contributed by atoms with E-state index >= 15 is 0 Å². The minimum Gasteiger partial charge on any atom is -0.267 e. The Morgan fingerprint density at radius 3 is 2.42 bits per heavy atom. The number of nitrogens with one attached hydrogen (secondary N) is 1. The van der Waals surface area contributed by atoms with Gasteiger partial charge in [0.15, 0.2) is 0 Å². The van der Waals surface area contributed by atoms with Crippen molar-refractivity contribution in [3.8, 4) is 11.3 Å². The largest absolute Gasteiger partial charge is 0.272 e. The summed E-state index contributed by atoms with van der Waals surface area (Å²) in [4.78, 5) is 20.4. The Labute approximate surface area is 199 Å². The molecule has 1 amide bonds. The highest BCUT2D eigenvalue weighted by Gasteiger charge is 2.16. The van der Waals surface area contributed by atoms with Gasteiger partial charge < -0.3 is 0 Å². The Bertz CT molecular complexity index is 1330. The van der Waals surface area contributed by atoms with Crippen molar-refractivity contribution in [2.45, 2.75) is 46.5 Å². The molecule has 0 fully saturated rings. The van der Waals surface area contributed by atoms with E-state index in [9.17, 15) is 4.79 Å². The average molecular weight is 456 g/mol. The summed E-state index contributed by atoms with van der Waals surface area (Å²) in [6.45, 7) is 10.6. The molecule has 0 unspecified atom stereocenters. The van der Waals surface area contributed by atoms with Crippen LogP contribution in [0.15, 0.2) is 71.8 Å². The van der Waals surface area contributed by atoms with E-state index in [-0.39, 0.29) is 11.3 Å². The lowest BCUT2D eigenvalue weighted by Crippen LogP contribution is -2.19. The molecule has 0 saturated carbocycles. The van der Waals surface area contributed by atoms with Crippen LogP contribution < -0.4 is 5.43 Å². The number of thiophene rings is 1. The van der Waals surface area contributed by atoms with Crippen molar-refractivity contribution in [2.24, 2.45) is 5.10 Å². The number of carbonyl (C=O) groups is 1. The first-order chi connectivity index (χ1) is 15.8. The minimum atomic E-state index is -0.243. The lowest BCUT2D eigenvalue weighted by molar-refractivity contribution is 0.0956. The van der Waals surface area contributed by atoms with E-state index in [4.69, 9.17) is 4.98 Å². The van der Waals surface area contributed by atoms with E-state index in [1.54, 1.807) is 11.3 Å². The fourth-order valence-electron chi connectivity index (χ4n) is 3.66. The van der Waals surface area contributed by atoms with Crippen molar-refractivity contribution >= 4 is 33.9 Å². The summed E-state index contributed by atoms with van der Waals surface area (Å²) < 4.78 is 0. The molecule has 0 bridgehead atoms. The molecule has 2 aromatic carbocycles. The number of hydrogen-bond donors (Lipinski definition) is 1. The summed E-state index contributed by atoms with van der Waals surface area (Å²) in [5.41, 5.74) is 7.98. The molecule has 4 aromatic rings. The minimum absolute atomic E-state index is 0.0801. The van der Waals surface area contributed by atoms with Gasteiger partial charge in [0.1, 0.15) is 0 Å². The number of hydrogen-bond acceptors (Lipinski definition) is 4. The SMILES string of the molecule is CCc1ccc(/C(C)=N/NC(=O)c2cc(-c3ccc(C(C)(C)C)cc3)nc3ccccc23)s1. The Balaban J connectivity index is 1.68.